The SMILES string of the molecule is C[C@@]12CCCC[C@@H]1[C@H](C(N)=O)C(=O)O2. The van der Waals surface area contributed by atoms with Crippen LogP contribution in [0.5, 0.6) is 0 Å². The number of primary amides is 1. The van der Waals surface area contributed by atoms with E-state index in [1.165, 1.54) is 0 Å². The minimum Gasteiger partial charge on any atom is -0.458 e. The number of rotatable bonds is 1. The molecule has 1 aliphatic heterocycles. The number of amides is 1. The third-order valence-corrected chi connectivity index (χ3v) is 3.52. The Kier molecular flexibility index (Phi) is 2.01. The molecule has 4 heteroatoms. The van der Waals surface area contributed by atoms with E-state index in [4.69, 9.17) is 10.5 Å². The van der Waals surface area contributed by atoms with Crippen LogP contribution in [0.15, 0.2) is 0 Å². The molecule has 14 heavy (non-hydrogen) atoms. The Morgan fingerprint density at radius 3 is 2.93 bits per heavy atom. The van der Waals surface area contributed by atoms with Crippen molar-refractivity contribution in [2.75, 3.05) is 0 Å². The quantitative estimate of drug-likeness (QED) is 0.494. The molecule has 2 aliphatic rings. The second kappa shape index (κ2) is 2.97. The Bertz CT molecular complexity index is 289. The molecule has 2 rings (SSSR count). The Labute approximate surface area is 82.8 Å². The van der Waals surface area contributed by atoms with Gasteiger partial charge in [-0.1, -0.05) is 6.42 Å². The zero-order valence-corrected chi connectivity index (χ0v) is 8.29. The number of esters is 1. The van der Waals surface area contributed by atoms with Crippen LogP contribution in [0.1, 0.15) is 32.6 Å². The highest BCUT2D eigenvalue weighted by Gasteiger charge is 2.55. The van der Waals surface area contributed by atoms with Gasteiger partial charge in [-0.2, -0.15) is 0 Å². The summed E-state index contributed by atoms with van der Waals surface area (Å²) >= 11 is 0. The van der Waals surface area contributed by atoms with Gasteiger partial charge in [0.15, 0.2) is 0 Å². The Balaban J connectivity index is 2.29. The molecule has 1 heterocycles. The van der Waals surface area contributed by atoms with Crippen molar-refractivity contribution in [3.8, 4) is 0 Å². The molecule has 4 nitrogen and oxygen atoms in total. The first kappa shape index (κ1) is 9.49. The number of carbonyl (C=O) groups is 2. The second-order valence-corrected chi connectivity index (χ2v) is 4.47. The van der Waals surface area contributed by atoms with Crippen molar-refractivity contribution in [3.05, 3.63) is 0 Å². The monoisotopic (exact) mass is 197 g/mol. The van der Waals surface area contributed by atoms with Gasteiger partial charge >= 0.3 is 5.97 Å². The summed E-state index contributed by atoms with van der Waals surface area (Å²) < 4.78 is 5.29. The third kappa shape index (κ3) is 1.21. The molecule has 2 N–H and O–H groups in total. The maximum absolute atomic E-state index is 11.5. The highest BCUT2D eigenvalue weighted by molar-refractivity contribution is 5.99. The van der Waals surface area contributed by atoms with Crippen LogP contribution in [-0.4, -0.2) is 17.5 Å². The van der Waals surface area contributed by atoms with E-state index in [1.54, 1.807) is 0 Å². The van der Waals surface area contributed by atoms with Crippen LogP contribution in [0.4, 0.5) is 0 Å². The zero-order chi connectivity index (χ0) is 10.3. The molecule has 0 bridgehead atoms. The summed E-state index contributed by atoms with van der Waals surface area (Å²) in [6, 6.07) is 0. The first-order valence-corrected chi connectivity index (χ1v) is 5.07. The normalized spacial score (nSPS) is 41.6. The van der Waals surface area contributed by atoms with Gasteiger partial charge < -0.3 is 10.5 Å². The maximum Gasteiger partial charge on any atom is 0.319 e. The molecule has 0 spiro atoms. The van der Waals surface area contributed by atoms with Gasteiger partial charge in [0.2, 0.25) is 5.91 Å². The largest absolute Gasteiger partial charge is 0.458 e. The number of nitrogens with two attached hydrogens (primary N) is 1. The minimum atomic E-state index is -0.708. The third-order valence-electron chi connectivity index (χ3n) is 3.52. The van der Waals surface area contributed by atoms with E-state index in [-0.39, 0.29) is 5.92 Å². The maximum atomic E-state index is 11.5. The topological polar surface area (TPSA) is 69.4 Å². The molecule has 0 aromatic carbocycles. The van der Waals surface area contributed by atoms with Crippen molar-refractivity contribution in [3.63, 3.8) is 0 Å². The fraction of sp³-hybridized carbons (Fsp3) is 0.800. The van der Waals surface area contributed by atoms with Crippen LogP contribution in [0.2, 0.25) is 0 Å². The lowest BCUT2D eigenvalue weighted by Crippen LogP contribution is -2.40. The molecule has 0 aromatic rings. The molecule has 1 saturated carbocycles. The average Bonchev–Trinajstić information content (AvgIpc) is 2.34. The van der Waals surface area contributed by atoms with Gasteiger partial charge in [-0.05, 0) is 26.2 Å². The van der Waals surface area contributed by atoms with Gasteiger partial charge in [0.05, 0.1) is 0 Å². The van der Waals surface area contributed by atoms with Crippen LogP contribution >= 0.6 is 0 Å². The first-order chi connectivity index (χ1) is 6.54. The number of hydrogen-bond acceptors (Lipinski definition) is 3. The van der Waals surface area contributed by atoms with Crippen molar-refractivity contribution >= 4 is 11.9 Å². The lowest BCUT2D eigenvalue weighted by Gasteiger charge is -2.34. The highest BCUT2D eigenvalue weighted by Crippen LogP contribution is 2.46. The second-order valence-electron chi connectivity index (χ2n) is 4.47. The van der Waals surface area contributed by atoms with Gasteiger partial charge in [0.25, 0.3) is 0 Å². The van der Waals surface area contributed by atoms with Crippen molar-refractivity contribution in [2.45, 2.75) is 38.2 Å². The molecule has 0 unspecified atom stereocenters. The molecule has 1 saturated heterocycles. The van der Waals surface area contributed by atoms with Gasteiger partial charge in [-0.3, -0.25) is 9.59 Å². The van der Waals surface area contributed by atoms with E-state index in [1.807, 2.05) is 6.92 Å². The van der Waals surface area contributed by atoms with Gasteiger partial charge in [-0.15, -0.1) is 0 Å². The zero-order valence-electron chi connectivity index (χ0n) is 8.29. The fourth-order valence-electron chi connectivity index (χ4n) is 2.75. The highest BCUT2D eigenvalue weighted by atomic mass is 16.6. The number of fused-ring (bicyclic) bond motifs is 1. The molecule has 1 aliphatic carbocycles. The van der Waals surface area contributed by atoms with Crippen LogP contribution in [-0.2, 0) is 14.3 Å². The van der Waals surface area contributed by atoms with E-state index in [2.05, 4.69) is 0 Å². The molecule has 3 atom stereocenters. The summed E-state index contributed by atoms with van der Waals surface area (Å²) in [4.78, 5) is 22.6. The van der Waals surface area contributed by atoms with Crippen LogP contribution in [0.25, 0.3) is 0 Å². The standard InChI is InChI=1S/C10H15NO3/c1-10-5-3-2-4-6(10)7(8(11)12)9(13)14-10/h6-7H,2-5H2,1H3,(H2,11,12)/t6-,7-,10-/m1/s1. The summed E-state index contributed by atoms with van der Waals surface area (Å²) in [6.45, 7) is 1.91. The lowest BCUT2D eigenvalue weighted by molar-refractivity contribution is -0.152. The summed E-state index contributed by atoms with van der Waals surface area (Å²) in [5.74, 6) is -1.67. The predicted molar refractivity (Wildman–Crippen MR) is 49.1 cm³/mol. The van der Waals surface area contributed by atoms with Crippen LogP contribution < -0.4 is 5.73 Å². The summed E-state index contributed by atoms with van der Waals surface area (Å²) in [5.41, 5.74) is 4.78. The van der Waals surface area contributed by atoms with Crippen molar-refractivity contribution in [1.82, 2.24) is 0 Å². The van der Waals surface area contributed by atoms with Crippen LogP contribution in [0.3, 0.4) is 0 Å². The van der Waals surface area contributed by atoms with Gasteiger partial charge in [0.1, 0.15) is 11.5 Å². The Morgan fingerprint density at radius 1 is 1.57 bits per heavy atom. The summed E-state index contributed by atoms with van der Waals surface area (Å²) in [7, 11) is 0. The molecule has 0 radical (unpaired) electrons. The number of ether oxygens (including phenoxy) is 1. The molecular weight excluding hydrogens is 182 g/mol. The van der Waals surface area contributed by atoms with Crippen molar-refractivity contribution in [1.29, 1.82) is 0 Å². The van der Waals surface area contributed by atoms with Gasteiger partial charge in [-0.25, -0.2) is 0 Å². The smallest absolute Gasteiger partial charge is 0.319 e. The van der Waals surface area contributed by atoms with Crippen molar-refractivity contribution in [2.24, 2.45) is 17.6 Å². The van der Waals surface area contributed by atoms with E-state index in [0.717, 1.165) is 25.7 Å². The number of hydrogen-bond donors (Lipinski definition) is 1. The number of carbonyl (C=O) groups excluding carboxylic acids is 2. The van der Waals surface area contributed by atoms with E-state index in [9.17, 15) is 9.59 Å². The van der Waals surface area contributed by atoms with Gasteiger partial charge in [0, 0.05) is 5.92 Å². The average molecular weight is 197 g/mol. The van der Waals surface area contributed by atoms with Crippen molar-refractivity contribution < 1.29 is 14.3 Å². The van der Waals surface area contributed by atoms with E-state index >= 15 is 0 Å². The molecule has 0 aromatic heterocycles. The first-order valence-electron chi connectivity index (χ1n) is 5.07. The minimum absolute atomic E-state index is 0.00116. The Hall–Kier alpha value is -1.06. The summed E-state index contributed by atoms with van der Waals surface area (Å²) in [6.07, 6.45) is 3.84. The lowest BCUT2D eigenvalue weighted by atomic mass is 9.72. The summed E-state index contributed by atoms with van der Waals surface area (Å²) in [5, 5.41) is 0. The molecule has 1 amide bonds. The Morgan fingerprint density at radius 2 is 2.29 bits per heavy atom. The van der Waals surface area contributed by atoms with Crippen LogP contribution in [0, 0.1) is 11.8 Å². The van der Waals surface area contributed by atoms with E-state index < -0.39 is 23.4 Å². The fourth-order valence-corrected chi connectivity index (χ4v) is 2.75. The molecule has 2 fully saturated rings. The molecular formula is C10H15NO3. The van der Waals surface area contributed by atoms with E-state index in [0.29, 0.717) is 0 Å². The molecule has 78 valence electrons. The predicted octanol–water partition coefficient (Wildman–Crippen LogP) is 0.594.